The maximum atomic E-state index is 5.84. The Balaban J connectivity index is 1.90. The molecule has 0 fully saturated rings. The summed E-state index contributed by atoms with van der Waals surface area (Å²) in [5.41, 5.74) is 9.06. The van der Waals surface area contributed by atoms with Crippen LogP contribution in [-0.2, 0) is 0 Å². The van der Waals surface area contributed by atoms with Gasteiger partial charge in [0.25, 0.3) is 0 Å². The molecule has 0 bridgehead atoms. The lowest BCUT2D eigenvalue weighted by Gasteiger charge is -2.22. The van der Waals surface area contributed by atoms with Gasteiger partial charge in [0, 0.05) is 11.1 Å². The predicted octanol–water partition coefficient (Wildman–Crippen LogP) is 6.94. The van der Waals surface area contributed by atoms with Crippen LogP contribution in [-0.4, -0.2) is 12.8 Å². The summed E-state index contributed by atoms with van der Waals surface area (Å²) in [6.07, 6.45) is 0. The van der Waals surface area contributed by atoms with Crippen molar-refractivity contribution in [1.82, 2.24) is 0 Å². The normalized spacial score (nSPS) is 14.9. The minimum Gasteiger partial charge on any atom is -0.496 e. The number of fused-ring (bicyclic) bond motifs is 3. The molecule has 0 spiro atoms. The molecule has 1 heterocycles. The summed E-state index contributed by atoms with van der Waals surface area (Å²) < 4.78 is 5.84. The van der Waals surface area contributed by atoms with Gasteiger partial charge in [0.05, 0.1) is 24.4 Å². The molecule has 0 aromatic heterocycles. The lowest BCUT2D eigenvalue weighted by Crippen LogP contribution is -2.15. The first-order chi connectivity index (χ1) is 14.8. The number of rotatable bonds is 3. The van der Waals surface area contributed by atoms with Crippen molar-refractivity contribution in [2.45, 2.75) is 12.8 Å². The second kappa shape index (κ2) is 7.64. The summed E-state index contributed by atoms with van der Waals surface area (Å²) in [5, 5.41) is 0. The third-order valence-corrected chi connectivity index (χ3v) is 5.73. The van der Waals surface area contributed by atoms with E-state index < -0.39 is 0 Å². The lowest BCUT2D eigenvalue weighted by atomic mass is 9.81. The quantitative estimate of drug-likeness (QED) is 0.372. The zero-order valence-corrected chi connectivity index (χ0v) is 17.2. The van der Waals surface area contributed by atoms with Gasteiger partial charge in [0.15, 0.2) is 0 Å². The van der Waals surface area contributed by atoms with E-state index in [0.717, 1.165) is 33.8 Å². The Bertz CT molecular complexity index is 1230. The van der Waals surface area contributed by atoms with Crippen LogP contribution < -0.4 is 4.74 Å². The molecule has 1 atom stereocenters. The van der Waals surface area contributed by atoms with Crippen LogP contribution in [0.25, 0.3) is 11.1 Å². The Morgan fingerprint density at radius 3 is 2.23 bits per heavy atom. The average molecular weight is 389 g/mol. The van der Waals surface area contributed by atoms with Gasteiger partial charge in [-0.3, -0.25) is 4.99 Å². The summed E-state index contributed by atoms with van der Waals surface area (Å²) in [4.78, 5) is 5.26. The first kappa shape index (κ1) is 18.4. The smallest absolute Gasteiger partial charge is 0.127 e. The monoisotopic (exact) mass is 389 g/mol. The van der Waals surface area contributed by atoms with Crippen LogP contribution in [0.3, 0.4) is 0 Å². The number of aliphatic imine (C=N–C) groups is 1. The molecule has 1 aliphatic heterocycles. The van der Waals surface area contributed by atoms with Gasteiger partial charge in [-0.15, -0.1) is 0 Å². The molecule has 0 amide bonds. The second-order valence-electron chi connectivity index (χ2n) is 7.65. The Hall–Kier alpha value is -3.65. The Morgan fingerprint density at radius 2 is 1.50 bits per heavy atom. The van der Waals surface area contributed by atoms with Crippen LogP contribution in [0, 0.1) is 6.92 Å². The first-order valence-electron chi connectivity index (χ1n) is 10.2. The molecule has 30 heavy (non-hydrogen) atoms. The number of hydrogen-bond acceptors (Lipinski definition) is 2. The molecule has 0 saturated heterocycles. The molecule has 0 radical (unpaired) electrons. The third-order valence-electron chi connectivity index (χ3n) is 5.73. The van der Waals surface area contributed by atoms with E-state index in [1.807, 2.05) is 12.1 Å². The molecule has 4 aromatic carbocycles. The van der Waals surface area contributed by atoms with Gasteiger partial charge in [-0.1, -0.05) is 84.4 Å². The highest BCUT2D eigenvalue weighted by atomic mass is 16.5. The molecule has 0 aliphatic carbocycles. The van der Waals surface area contributed by atoms with Crippen molar-refractivity contribution in [1.29, 1.82) is 0 Å². The van der Waals surface area contributed by atoms with E-state index in [1.165, 1.54) is 16.7 Å². The molecule has 2 heteroatoms. The molecule has 0 unspecified atom stereocenters. The second-order valence-corrected chi connectivity index (χ2v) is 7.65. The zero-order valence-electron chi connectivity index (χ0n) is 17.2. The molecule has 146 valence electrons. The number of hydrogen-bond donors (Lipinski definition) is 0. The standard InChI is InChI=1S/C28H23NO/c1-19-16-17-24-23(18-19)27-22(14-9-15-25(27)30-2)26(20-10-5-3-6-11-20)28(29-24)21-12-7-4-8-13-21/h3-18,26H,1-2H3/t26-/m0/s1. The van der Waals surface area contributed by atoms with E-state index in [0.29, 0.717) is 0 Å². The number of methoxy groups -OCH3 is 1. The fourth-order valence-corrected chi connectivity index (χ4v) is 4.36. The van der Waals surface area contributed by atoms with Crippen LogP contribution in [0.2, 0.25) is 0 Å². The zero-order chi connectivity index (χ0) is 20.5. The summed E-state index contributed by atoms with van der Waals surface area (Å²) in [6.45, 7) is 2.12. The Kier molecular flexibility index (Phi) is 4.68. The molecule has 1 aliphatic rings. The van der Waals surface area contributed by atoms with Gasteiger partial charge >= 0.3 is 0 Å². The van der Waals surface area contributed by atoms with Crippen molar-refractivity contribution in [3.63, 3.8) is 0 Å². The van der Waals surface area contributed by atoms with Gasteiger partial charge in [-0.2, -0.15) is 0 Å². The summed E-state index contributed by atoms with van der Waals surface area (Å²) in [7, 11) is 1.74. The summed E-state index contributed by atoms with van der Waals surface area (Å²) in [5.74, 6) is 0.885. The number of ether oxygens (including phenoxy) is 1. The van der Waals surface area contributed by atoms with Crippen molar-refractivity contribution in [2.75, 3.05) is 7.11 Å². The maximum absolute atomic E-state index is 5.84. The van der Waals surface area contributed by atoms with E-state index in [4.69, 9.17) is 9.73 Å². The minimum atomic E-state index is 0.00593. The fourth-order valence-electron chi connectivity index (χ4n) is 4.36. The largest absolute Gasteiger partial charge is 0.496 e. The lowest BCUT2D eigenvalue weighted by molar-refractivity contribution is 0.416. The van der Waals surface area contributed by atoms with E-state index in [9.17, 15) is 0 Å². The molecule has 2 nitrogen and oxygen atoms in total. The van der Waals surface area contributed by atoms with Crippen LogP contribution in [0.4, 0.5) is 5.69 Å². The molecule has 0 N–H and O–H groups in total. The van der Waals surface area contributed by atoms with Crippen molar-refractivity contribution in [3.8, 4) is 16.9 Å². The topological polar surface area (TPSA) is 21.6 Å². The van der Waals surface area contributed by atoms with Gasteiger partial charge in [-0.05, 0) is 41.8 Å². The highest BCUT2D eigenvalue weighted by molar-refractivity contribution is 6.11. The molecule has 4 aromatic rings. The molecular formula is C28H23NO. The fraction of sp³-hybridized carbons (Fsp3) is 0.107. The summed E-state index contributed by atoms with van der Waals surface area (Å²) in [6, 6.07) is 33.9. The Morgan fingerprint density at radius 1 is 0.767 bits per heavy atom. The van der Waals surface area contributed by atoms with E-state index in [-0.39, 0.29) is 5.92 Å². The average Bonchev–Trinajstić information content (AvgIpc) is 2.94. The minimum absolute atomic E-state index is 0.00593. The van der Waals surface area contributed by atoms with Crippen LogP contribution >= 0.6 is 0 Å². The molecular weight excluding hydrogens is 366 g/mol. The highest BCUT2D eigenvalue weighted by Gasteiger charge is 2.30. The maximum Gasteiger partial charge on any atom is 0.127 e. The van der Waals surface area contributed by atoms with E-state index in [2.05, 4.69) is 91.9 Å². The predicted molar refractivity (Wildman–Crippen MR) is 124 cm³/mol. The van der Waals surface area contributed by atoms with Gasteiger partial charge in [0.2, 0.25) is 0 Å². The van der Waals surface area contributed by atoms with Crippen molar-refractivity contribution in [2.24, 2.45) is 4.99 Å². The van der Waals surface area contributed by atoms with Crippen LogP contribution in [0.5, 0.6) is 5.75 Å². The Labute approximate surface area is 177 Å². The van der Waals surface area contributed by atoms with Crippen molar-refractivity contribution < 1.29 is 4.74 Å². The van der Waals surface area contributed by atoms with E-state index >= 15 is 0 Å². The van der Waals surface area contributed by atoms with E-state index in [1.54, 1.807) is 7.11 Å². The number of aryl methyl sites for hydroxylation is 1. The number of benzene rings is 4. The van der Waals surface area contributed by atoms with Gasteiger partial charge in [-0.25, -0.2) is 0 Å². The molecule has 5 rings (SSSR count). The van der Waals surface area contributed by atoms with Gasteiger partial charge < -0.3 is 4.74 Å². The van der Waals surface area contributed by atoms with Crippen molar-refractivity contribution >= 4 is 11.4 Å². The van der Waals surface area contributed by atoms with Crippen LogP contribution in [0.1, 0.15) is 28.2 Å². The van der Waals surface area contributed by atoms with Crippen molar-refractivity contribution in [3.05, 3.63) is 119 Å². The first-order valence-corrected chi connectivity index (χ1v) is 10.2. The number of nitrogens with zero attached hydrogens (tertiary/aromatic N) is 1. The van der Waals surface area contributed by atoms with Crippen LogP contribution in [0.15, 0.2) is 102 Å². The van der Waals surface area contributed by atoms with Gasteiger partial charge in [0.1, 0.15) is 5.75 Å². The SMILES string of the molecule is COc1cccc2c1-c1cc(C)ccc1N=C(c1ccccc1)[C@H]2c1ccccc1. The molecule has 0 saturated carbocycles. The highest BCUT2D eigenvalue weighted by Crippen LogP contribution is 2.47. The summed E-state index contributed by atoms with van der Waals surface area (Å²) >= 11 is 0. The third kappa shape index (κ3) is 3.11.